The normalized spacial score (nSPS) is 15.8. The summed E-state index contributed by atoms with van der Waals surface area (Å²) in [5.41, 5.74) is 1.27. The number of Topliss-reactive ketones (excluding diaryl/α,β-unsaturated/α-hetero) is 1. The van der Waals surface area contributed by atoms with Crippen LogP contribution in [0.2, 0.25) is 0 Å². The number of carbonyl (C=O) groups excluding carboxylic acids is 1. The first kappa shape index (κ1) is 11.5. The van der Waals surface area contributed by atoms with Crippen molar-refractivity contribution in [2.75, 3.05) is 0 Å². The van der Waals surface area contributed by atoms with Crippen molar-refractivity contribution in [3.05, 3.63) is 45.7 Å². The Morgan fingerprint density at radius 3 is 2.75 bits per heavy atom. The van der Waals surface area contributed by atoms with Crippen molar-refractivity contribution in [1.29, 1.82) is 0 Å². The minimum Gasteiger partial charge on any atom is -0.289 e. The van der Waals surface area contributed by atoms with E-state index in [0.29, 0.717) is 10.0 Å². The molecular weight excluding hydrogens is 271 g/mol. The number of hydrogen-bond donors (Lipinski definition) is 0. The molecule has 16 heavy (non-hydrogen) atoms. The second kappa shape index (κ2) is 4.91. The van der Waals surface area contributed by atoms with E-state index in [-0.39, 0.29) is 11.6 Å². The molecule has 1 aromatic rings. The minimum atomic E-state index is -0.387. The standard InChI is InChI=1S/C13H12BrFO/c14-11-7-6-10(8-12(11)15)13(16)9-4-2-1-3-5-9/h4,6-8H,1-3,5H2. The van der Waals surface area contributed by atoms with Crippen molar-refractivity contribution in [3.8, 4) is 0 Å². The molecule has 3 heteroatoms. The average molecular weight is 283 g/mol. The van der Waals surface area contributed by atoms with Crippen LogP contribution in [0.3, 0.4) is 0 Å². The topological polar surface area (TPSA) is 17.1 Å². The van der Waals surface area contributed by atoms with Crippen molar-refractivity contribution >= 4 is 21.7 Å². The van der Waals surface area contributed by atoms with Crippen LogP contribution in [0, 0.1) is 5.82 Å². The highest BCUT2D eigenvalue weighted by Crippen LogP contribution is 2.23. The van der Waals surface area contributed by atoms with Crippen LogP contribution in [0.25, 0.3) is 0 Å². The predicted molar refractivity (Wildman–Crippen MR) is 65.0 cm³/mol. The van der Waals surface area contributed by atoms with Gasteiger partial charge in [-0.05, 0) is 65.4 Å². The van der Waals surface area contributed by atoms with Crippen molar-refractivity contribution in [2.45, 2.75) is 25.7 Å². The fourth-order valence-corrected chi connectivity index (χ4v) is 2.11. The maximum absolute atomic E-state index is 13.3. The first-order valence-electron chi connectivity index (χ1n) is 5.37. The molecule has 0 N–H and O–H groups in total. The molecule has 1 aliphatic carbocycles. The van der Waals surface area contributed by atoms with Gasteiger partial charge in [0.05, 0.1) is 4.47 Å². The number of rotatable bonds is 2. The van der Waals surface area contributed by atoms with E-state index in [9.17, 15) is 9.18 Å². The molecule has 1 aliphatic rings. The molecule has 0 aromatic heterocycles. The van der Waals surface area contributed by atoms with Crippen LogP contribution in [0.5, 0.6) is 0 Å². The minimum absolute atomic E-state index is 0.0360. The molecule has 0 aliphatic heterocycles. The summed E-state index contributed by atoms with van der Waals surface area (Å²) in [6, 6.07) is 4.53. The molecule has 0 saturated carbocycles. The smallest absolute Gasteiger partial charge is 0.188 e. The Bertz CT molecular complexity index is 451. The number of ketones is 1. The summed E-state index contributed by atoms with van der Waals surface area (Å²) in [6.07, 6.45) is 5.95. The summed E-state index contributed by atoms with van der Waals surface area (Å²) >= 11 is 3.07. The number of halogens is 2. The molecule has 0 amide bonds. The highest BCUT2D eigenvalue weighted by molar-refractivity contribution is 9.10. The number of allylic oxidation sites excluding steroid dienone is 2. The third-order valence-electron chi connectivity index (χ3n) is 2.76. The Labute approximate surface area is 102 Å². The van der Waals surface area contributed by atoms with Gasteiger partial charge in [0, 0.05) is 5.56 Å². The van der Waals surface area contributed by atoms with Gasteiger partial charge < -0.3 is 0 Å². The molecule has 1 aromatic carbocycles. The molecule has 0 bridgehead atoms. The molecule has 0 radical (unpaired) electrons. The fourth-order valence-electron chi connectivity index (χ4n) is 1.87. The Morgan fingerprint density at radius 1 is 1.31 bits per heavy atom. The van der Waals surface area contributed by atoms with Crippen LogP contribution in [0.1, 0.15) is 36.0 Å². The highest BCUT2D eigenvalue weighted by Gasteiger charge is 2.15. The molecule has 0 fully saturated rings. The Kier molecular flexibility index (Phi) is 3.54. The van der Waals surface area contributed by atoms with Crippen LogP contribution in [0.15, 0.2) is 34.3 Å². The van der Waals surface area contributed by atoms with Gasteiger partial charge in [-0.3, -0.25) is 4.79 Å². The lowest BCUT2D eigenvalue weighted by Gasteiger charge is -2.11. The third-order valence-corrected chi connectivity index (χ3v) is 3.41. The summed E-state index contributed by atoms with van der Waals surface area (Å²) < 4.78 is 13.7. The van der Waals surface area contributed by atoms with E-state index in [1.807, 2.05) is 6.08 Å². The zero-order valence-corrected chi connectivity index (χ0v) is 10.4. The van der Waals surface area contributed by atoms with E-state index in [4.69, 9.17) is 0 Å². The van der Waals surface area contributed by atoms with E-state index < -0.39 is 0 Å². The molecule has 0 atom stereocenters. The van der Waals surface area contributed by atoms with Gasteiger partial charge >= 0.3 is 0 Å². The molecule has 1 nitrogen and oxygen atoms in total. The Balaban J connectivity index is 2.26. The van der Waals surface area contributed by atoms with E-state index in [1.54, 1.807) is 12.1 Å². The second-order valence-electron chi connectivity index (χ2n) is 3.93. The lowest BCUT2D eigenvalue weighted by atomic mass is 9.93. The maximum atomic E-state index is 13.3. The first-order chi connectivity index (χ1) is 7.68. The van der Waals surface area contributed by atoms with E-state index >= 15 is 0 Å². The summed E-state index contributed by atoms with van der Waals surface area (Å²) in [4.78, 5) is 12.0. The van der Waals surface area contributed by atoms with Gasteiger partial charge in [0.15, 0.2) is 5.78 Å². The maximum Gasteiger partial charge on any atom is 0.188 e. The number of benzene rings is 1. The van der Waals surface area contributed by atoms with Gasteiger partial charge in [-0.2, -0.15) is 0 Å². The fraction of sp³-hybridized carbons (Fsp3) is 0.308. The van der Waals surface area contributed by atoms with E-state index in [1.165, 1.54) is 6.07 Å². The van der Waals surface area contributed by atoms with Crippen LogP contribution in [-0.4, -0.2) is 5.78 Å². The van der Waals surface area contributed by atoms with E-state index in [0.717, 1.165) is 31.3 Å². The summed E-state index contributed by atoms with van der Waals surface area (Å²) in [6.45, 7) is 0. The predicted octanol–water partition coefficient (Wildman–Crippen LogP) is 4.27. The van der Waals surface area contributed by atoms with Gasteiger partial charge in [-0.25, -0.2) is 4.39 Å². The number of hydrogen-bond acceptors (Lipinski definition) is 1. The second-order valence-corrected chi connectivity index (χ2v) is 4.79. The van der Waals surface area contributed by atoms with Crippen molar-refractivity contribution in [1.82, 2.24) is 0 Å². The zero-order valence-electron chi connectivity index (χ0n) is 8.80. The summed E-state index contributed by atoms with van der Waals surface area (Å²) in [5, 5.41) is 0. The molecule has 84 valence electrons. The molecule has 2 rings (SSSR count). The van der Waals surface area contributed by atoms with Crippen LogP contribution >= 0.6 is 15.9 Å². The van der Waals surface area contributed by atoms with Gasteiger partial charge in [0.2, 0.25) is 0 Å². The highest BCUT2D eigenvalue weighted by atomic mass is 79.9. The lowest BCUT2D eigenvalue weighted by molar-refractivity contribution is 0.102. The Hall–Kier alpha value is -0.960. The average Bonchev–Trinajstić information content (AvgIpc) is 2.33. The molecule has 0 heterocycles. The van der Waals surface area contributed by atoms with Crippen molar-refractivity contribution in [2.24, 2.45) is 0 Å². The number of carbonyl (C=O) groups is 1. The quantitative estimate of drug-likeness (QED) is 0.741. The summed E-state index contributed by atoms with van der Waals surface area (Å²) in [5.74, 6) is -0.423. The molecule has 0 unspecified atom stereocenters. The Morgan fingerprint density at radius 2 is 2.12 bits per heavy atom. The van der Waals surface area contributed by atoms with Crippen LogP contribution < -0.4 is 0 Å². The van der Waals surface area contributed by atoms with Gasteiger partial charge in [-0.15, -0.1) is 0 Å². The lowest BCUT2D eigenvalue weighted by Crippen LogP contribution is -2.06. The van der Waals surface area contributed by atoms with Crippen molar-refractivity contribution in [3.63, 3.8) is 0 Å². The molecular formula is C13H12BrFO. The zero-order chi connectivity index (χ0) is 11.5. The van der Waals surface area contributed by atoms with Gasteiger partial charge in [0.25, 0.3) is 0 Å². The molecule has 0 spiro atoms. The van der Waals surface area contributed by atoms with Crippen LogP contribution in [-0.2, 0) is 0 Å². The SMILES string of the molecule is O=C(C1=CCCCC1)c1ccc(Br)c(F)c1. The molecule has 0 saturated heterocycles. The van der Waals surface area contributed by atoms with E-state index in [2.05, 4.69) is 15.9 Å². The first-order valence-corrected chi connectivity index (χ1v) is 6.16. The van der Waals surface area contributed by atoms with Crippen molar-refractivity contribution < 1.29 is 9.18 Å². The van der Waals surface area contributed by atoms with Gasteiger partial charge in [0.1, 0.15) is 5.82 Å². The van der Waals surface area contributed by atoms with Crippen LogP contribution in [0.4, 0.5) is 4.39 Å². The third kappa shape index (κ3) is 2.40. The summed E-state index contributed by atoms with van der Waals surface area (Å²) in [7, 11) is 0. The van der Waals surface area contributed by atoms with Gasteiger partial charge in [-0.1, -0.05) is 6.08 Å². The largest absolute Gasteiger partial charge is 0.289 e. The monoisotopic (exact) mass is 282 g/mol.